The van der Waals surface area contributed by atoms with Gasteiger partial charge in [-0.25, -0.2) is 0 Å². The fourth-order valence-electron chi connectivity index (χ4n) is 4.69. The molecule has 35 heavy (non-hydrogen) atoms. The molecule has 188 valence electrons. The van der Waals surface area contributed by atoms with Crippen LogP contribution in [0.4, 0.5) is 0 Å². The maximum absolute atomic E-state index is 12.8. The van der Waals surface area contributed by atoms with Crippen LogP contribution in [-0.2, 0) is 16.0 Å². The number of hydrogen-bond acceptors (Lipinski definition) is 7. The van der Waals surface area contributed by atoms with Crippen molar-refractivity contribution in [1.82, 2.24) is 14.8 Å². The molecule has 0 unspecified atom stereocenters. The molecule has 0 saturated carbocycles. The molecule has 0 bridgehead atoms. The second-order valence-corrected chi connectivity index (χ2v) is 9.09. The Balaban J connectivity index is 1.28. The number of fused-ring (bicyclic) bond motifs is 1. The summed E-state index contributed by atoms with van der Waals surface area (Å²) in [6, 6.07) is 8.09. The summed E-state index contributed by atoms with van der Waals surface area (Å²) in [5.41, 5.74) is 8.49. The summed E-state index contributed by atoms with van der Waals surface area (Å²) in [4.78, 5) is 15.2. The summed E-state index contributed by atoms with van der Waals surface area (Å²) < 4.78 is 18.4. The predicted molar refractivity (Wildman–Crippen MR) is 138 cm³/mol. The quantitative estimate of drug-likeness (QED) is 0.600. The molecule has 2 aliphatic rings. The number of likely N-dealkylation sites (tertiary alicyclic amines) is 1. The van der Waals surface area contributed by atoms with Gasteiger partial charge in [-0.15, -0.1) is 0 Å². The van der Waals surface area contributed by atoms with Crippen LogP contribution in [-0.4, -0.2) is 62.0 Å². The number of benzene rings is 1. The second-order valence-electron chi connectivity index (χ2n) is 9.09. The van der Waals surface area contributed by atoms with Crippen LogP contribution >= 0.6 is 0 Å². The third kappa shape index (κ3) is 6.07. The van der Waals surface area contributed by atoms with Gasteiger partial charge in [0, 0.05) is 49.4 Å². The zero-order chi connectivity index (χ0) is 24.8. The number of ether oxygens (including phenoxy) is 3. The van der Waals surface area contributed by atoms with Gasteiger partial charge in [0.05, 0.1) is 12.6 Å². The molecule has 4 rings (SSSR count). The molecule has 8 heteroatoms. The first kappa shape index (κ1) is 24.9. The van der Waals surface area contributed by atoms with Crippen molar-refractivity contribution < 1.29 is 14.2 Å². The van der Waals surface area contributed by atoms with E-state index in [0.29, 0.717) is 43.9 Å². The van der Waals surface area contributed by atoms with Crippen LogP contribution in [0.15, 0.2) is 65.0 Å². The Labute approximate surface area is 206 Å². The minimum absolute atomic E-state index is 0.0346. The molecule has 8 nitrogen and oxygen atoms in total. The molecule has 1 aromatic heterocycles. The maximum atomic E-state index is 12.8. The van der Waals surface area contributed by atoms with Gasteiger partial charge in [0.1, 0.15) is 19.0 Å². The average Bonchev–Trinajstić information content (AvgIpc) is 2.88. The minimum atomic E-state index is 0.0346. The fraction of sp³-hybridized carbons (Fsp3) is 0.444. The normalized spacial score (nSPS) is 19.6. The number of rotatable bonds is 8. The van der Waals surface area contributed by atoms with E-state index in [0.717, 1.165) is 60.3 Å². The van der Waals surface area contributed by atoms with Crippen LogP contribution in [0.1, 0.15) is 18.4 Å². The molecule has 2 aromatic rings. The van der Waals surface area contributed by atoms with E-state index in [9.17, 15) is 4.79 Å². The Hall–Kier alpha value is -3.23. The highest BCUT2D eigenvalue weighted by Crippen LogP contribution is 2.23. The highest BCUT2D eigenvalue weighted by Gasteiger charge is 2.20. The number of piperidine rings is 1. The first-order valence-electron chi connectivity index (χ1n) is 12.2. The van der Waals surface area contributed by atoms with Crippen molar-refractivity contribution in [3.63, 3.8) is 0 Å². The minimum Gasteiger partial charge on any atom is -0.497 e. The topological polar surface area (TPSA) is 91.0 Å². The van der Waals surface area contributed by atoms with Crippen LogP contribution in [0.25, 0.3) is 10.9 Å². The number of nitrogens with two attached hydrogens (primary N) is 1. The summed E-state index contributed by atoms with van der Waals surface area (Å²) in [7, 11) is 1.65. The van der Waals surface area contributed by atoms with Gasteiger partial charge in [-0.3, -0.25) is 4.79 Å². The lowest BCUT2D eigenvalue weighted by molar-refractivity contribution is 0.0591. The van der Waals surface area contributed by atoms with Crippen LogP contribution in [0.2, 0.25) is 0 Å². The van der Waals surface area contributed by atoms with Gasteiger partial charge in [0.25, 0.3) is 5.56 Å². The first-order valence-corrected chi connectivity index (χ1v) is 12.2. The van der Waals surface area contributed by atoms with Gasteiger partial charge in [0.15, 0.2) is 11.5 Å². The molecule has 2 aliphatic heterocycles. The van der Waals surface area contributed by atoms with Gasteiger partial charge in [0.2, 0.25) is 0 Å². The Morgan fingerprint density at radius 3 is 2.66 bits per heavy atom. The summed E-state index contributed by atoms with van der Waals surface area (Å²) in [6.45, 7) is 11.3. The van der Waals surface area contributed by atoms with E-state index in [2.05, 4.69) is 16.8 Å². The predicted octanol–water partition coefficient (Wildman–Crippen LogP) is 2.66. The standard InChI is InChI=1S/C27H36N4O4/c1-19(14-25-26(17-28)35-13-12-34-25)18-29-21-6-8-30(9-7-21)10-11-31-24-16-22(33-3)4-5-23(24)20(2)15-27(31)32/h4-5,14-17,21,29H,1,6-13,18,28H2,2-3H3/b25-14+,26-17+. The molecule has 0 amide bonds. The lowest BCUT2D eigenvalue weighted by atomic mass is 10.0. The van der Waals surface area contributed by atoms with Crippen LogP contribution in [0.3, 0.4) is 0 Å². The van der Waals surface area contributed by atoms with E-state index in [-0.39, 0.29) is 5.56 Å². The number of aryl methyl sites for hydroxylation is 1. The molecule has 1 aromatic carbocycles. The van der Waals surface area contributed by atoms with Crippen molar-refractivity contribution in [2.45, 2.75) is 32.4 Å². The molecule has 3 N–H and O–H groups in total. The molecule has 3 heterocycles. The van der Waals surface area contributed by atoms with Crippen molar-refractivity contribution in [2.75, 3.05) is 46.5 Å². The largest absolute Gasteiger partial charge is 0.497 e. The van der Waals surface area contributed by atoms with E-state index in [1.807, 2.05) is 35.8 Å². The maximum Gasteiger partial charge on any atom is 0.251 e. The number of hydrogen-bond donors (Lipinski definition) is 2. The van der Waals surface area contributed by atoms with Crippen LogP contribution < -0.4 is 21.3 Å². The van der Waals surface area contributed by atoms with Crippen molar-refractivity contribution in [2.24, 2.45) is 5.73 Å². The first-order chi connectivity index (χ1) is 17.0. The monoisotopic (exact) mass is 480 g/mol. The Bertz CT molecular complexity index is 1180. The zero-order valence-corrected chi connectivity index (χ0v) is 20.7. The molecule has 2 saturated heterocycles. The fourth-order valence-corrected chi connectivity index (χ4v) is 4.69. The summed E-state index contributed by atoms with van der Waals surface area (Å²) >= 11 is 0. The lowest BCUT2D eigenvalue weighted by Gasteiger charge is -2.32. The van der Waals surface area contributed by atoms with Crippen molar-refractivity contribution >= 4 is 10.9 Å². The summed E-state index contributed by atoms with van der Waals surface area (Å²) in [5, 5.41) is 4.69. The number of nitrogens with one attached hydrogen (secondary N) is 1. The van der Waals surface area contributed by atoms with Gasteiger partial charge in [-0.05, 0) is 62.2 Å². The van der Waals surface area contributed by atoms with E-state index in [1.165, 1.54) is 6.20 Å². The Morgan fingerprint density at radius 1 is 1.20 bits per heavy atom. The summed E-state index contributed by atoms with van der Waals surface area (Å²) in [6.07, 6.45) is 5.41. The third-order valence-electron chi connectivity index (χ3n) is 6.70. The molecule has 0 spiro atoms. The highest BCUT2D eigenvalue weighted by molar-refractivity contribution is 5.83. The molecular weight excluding hydrogens is 444 g/mol. The molecule has 0 atom stereocenters. The molecule has 0 radical (unpaired) electrons. The number of aromatic nitrogens is 1. The van der Waals surface area contributed by atoms with Gasteiger partial charge < -0.3 is 34.7 Å². The van der Waals surface area contributed by atoms with Crippen LogP contribution in [0.5, 0.6) is 5.75 Å². The molecule has 0 aliphatic carbocycles. The SMILES string of the molecule is C=C(/C=C1/OCCO/C1=C/N)CNC1CCN(CCn2c(=O)cc(C)c3ccc(OC)cc32)CC1. The van der Waals surface area contributed by atoms with Crippen molar-refractivity contribution in [1.29, 1.82) is 0 Å². The van der Waals surface area contributed by atoms with Crippen molar-refractivity contribution in [3.8, 4) is 5.75 Å². The van der Waals surface area contributed by atoms with E-state index in [1.54, 1.807) is 13.2 Å². The number of nitrogens with zero attached hydrogens (tertiary/aromatic N) is 2. The smallest absolute Gasteiger partial charge is 0.251 e. The zero-order valence-electron chi connectivity index (χ0n) is 20.7. The Kier molecular flexibility index (Phi) is 8.15. The molecule has 2 fully saturated rings. The third-order valence-corrected chi connectivity index (χ3v) is 6.70. The van der Waals surface area contributed by atoms with Gasteiger partial charge in [-0.2, -0.15) is 0 Å². The van der Waals surface area contributed by atoms with E-state index >= 15 is 0 Å². The number of pyridine rings is 1. The van der Waals surface area contributed by atoms with Crippen molar-refractivity contribution in [3.05, 3.63) is 76.1 Å². The van der Waals surface area contributed by atoms with Crippen LogP contribution in [0, 0.1) is 6.92 Å². The summed E-state index contributed by atoms with van der Waals surface area (Å²) in [5.74, 6) is 1.96. The Morgan fingerprint density at radius 2 is 1.94 bits per heavy atom. The van der Waals surface area contributed by atoms with E-state index < -0.39 is 0 Å². The van der Waals surface area contributed by atoms with Gasteiger partial charge >= 0.3 is 0 Å². The second kappa shape index (κ2) is 11.5. The average molecular weight is 481 g/mol. The van der Waals surface area contributed by atoms with E-state index in [4.69, 9.17) is 19.9 Å². The van der Waals surface area contributed by atoms with Gasteiger partial charge in [-0.1, -0.05) is 6.58 Å². The number of methoxy groups -OCH3 is 1. The highest BCUT2D eigenvalue weighted by atomic mass is 16.6. The molecular formula is C27H36N4O4. The lowest BCUT2D eigenvalue weighted by Crippen LogP contribution is -2.44.